The highest BCUT2D eigenvalue weighted by atomic mass is 32.2. The van der Waals surface area contributed by atoms with Crippen LogP contribution in [0.2, 0.25) is 0 Å². The van der Waals surface area contributed by atoms with Crippen LogP contribution in [0.4, 0.5) is 0 Å². The molecular weight excluding hydrogens is 308 g/mol. The minimum atomic E-state index is 1.05. The van der Waals surface area contributed by atoms with E-state index in [4.69, 9.17) is 0 Å². The smallest absolute Gasteiger partial charge is 0.00597 e. The molecule has 116 valence electrons. The molecule has 0 aliphatic rings. The second kappa shape index (κ2) is 19.4. The van der Waals surface area contributed by atoms with Gasteiger partial charge in [0, 0.05) is 0 Å². The third-order valence-electron chi connectivity index (χ3n) is 2.97. The maximum absolute atomic E-state index is 4.23. The standard InChI is InChI=1S/C15H32S4/c16-10-5-1-3-7-12-18-14-9-15-19-13-8-4-2-6-11-17/h16-17H,1-15H2. The molecule has 0 amide bonds. The SMILES string of the molecule is SCCCCCCSCCCSCCCCCCS. The molecule has 0 aromatic carbocycles. The van der Waals surface area contributed by atoms with Gasteiger partial charge in [0.1, 0.15) is 0 Å². The van der Waals surface area contributed by atoms with Crippen LogP contribution in [0.5, 0.6) is 0 Å². The fourth-order valence-electron chi connectivity index (χ4n) is 1.81. The van der Waals surface area contributed by atoms with E-state index in [1.54, 1.807) is 0 Å². The Bertz CT molecular complexity index is 137. The van der Waals surface area contributed by atoms with Gasteiger partial charge in [-0.05, 0) is 66.6 Å². The van der Waals surface area contributed by atoms with Crippen LogP contribution in [0.3, 0.4) is 0 Å². The molecule has 0 bridgehead atoms. The number of rotatable bonds is 16. The van der Waals surface area contributed by atoms with E-state index < -0.39 is 0 Å². The predicted octanol–water partition coefficient (Wildman–Crippen LogP) is 5.82. The maximum Gasteiger partial charge on any atom is -0.00597 e. The summed E-state index contributed by atoms with van der Waals surface area (Å²) in [5.41, 5.74) is 0. The van der Waals surface area contributed by atoms with Gasteiger partial charge in [-0.1, -0.05) is 25.7 Å². The molecular formula is C15H32S4. The second-order valence-electron chi connectivity index (χ2n) is 4.85. The molecule has 0 fully saturated rings. The summed E-state index contributed by atoms with van der Waals surface area (Å²) in [6.07, 6.45) is 12.3. The van der Waals surface area contributed by atoms with Crippen molar-refractivity contribution in [1.29, 1.82) is 0 Å². The molecule has 0 atom stereocenters. The second-order valence-corrected chi connectivity index (χ2v) is 8.20. The van der Waals surface area contributed by atoms with Crippen LogP contribution >= 0.6 is 48.8 Å². The molecule has 0 aliphatic heterocycles. The van der Waals surface area contributed by atoms with Crippen molar-refractivity contribution in [2.45, 2.75) is 57.8 Å². The summed E-state index contributed by atoms with van der Waals surface area (Å²) in [5.74, 6) is 7.55. The summed E-state index contributed by atoms with van der Waals surface area (Å²) in [6.45, 7) is 0. The number of unbranched alkanes of at least 4 members (excludes halogenated alkanes) is 6. The minimum absolute atomic E-state index is 1.05. The van der Waals surface area contributed by atoms with Gasteiger partial charge in [0.05, 0.1) is 0 Å². The number of hydrogen-bond acceptors (Lipinski definition) is 4. The average Bonchev–Trinajstić information content (AvgIpc) is 2.43. The lowest BCUT2D eigenvalue weighted by Gasteiger charge is -2.03. The van der Waals surface area contributed by atoms with Crippen molar-refractivity contribution in [2.75, 3.05) is 34.5 Å². The molecule has 0 spiro atoms. The van der Waals surface area contributed by atoms with Gasteiger partial charge >= 0.3 is 0 Å². The van der Waals surface area contributed by atoms with Crippen molar-refractivity contribution < 1.29 is 0 Å². The maximum atomic E-state index is 4.23. The lowest BCUT2D eigenvalue weighted by atomic mass is 10.2. The van der Waals surface area contributed by atoms with Crippen molar-refractivity contribution in [3.8, 4) is 0 Å². The molecule has 0 saturated heterocycles. The molecule has 0 radical (unpaired) electrons. The van der Waals surface area contributed by atoms with E-state index in [0.717, 1.165) is 11.5 Å². The fraction of sp³-hybridized carbons (Fsp3) is 1.00. The Balaban J connectivity index is 2.88. The summed E-state index contributed by atoms with van der Waals surface area (Å²) in [4.78, 5) is 0. The normalized spacial score (nSPS) is 11.1. The van der Waals surface area contributed by atoms with Crippen LogP contribution in [0.1, 0.15) is 57.8 Å². The van der Waals surface area contributed by atoms with Crippen LogP contribution in [-0.2, 0) is 0 Å². The van der Waals surface area contributed by atoms with E-state index in [2.05, 4.69) is 48.8 Å². The lowest BCUT2D eigenvalue weighted by molar-refractivity contribution is 0.711. The Morgan fingerprint density at radius 3 is 1.21 bits per heavy atom. The largest absolute Gasteiger partial charge is 0.179 e. The Morgan fingerprint density at radius 1 is 0.421 bits per heavy atom. The molecule has 0 aliphatic carbocycles. The van der Waals surface area contributed by atoms with E-state index in [1.165, 1.54) is 80.8 Å². The van der Waals surface area contributed by atoms with E-state index >= 15 is 0 Å². The molecule has 0 aromatic rings. The average molecular weight is 341 g/mol. The van der Waals surface area contributed by atoms with Crippen LogP contribution in [0.25, 0.3) is 0 Å². The quantitative estimate of drug-likeness (QED) is 0.268. The van der Waals surface area contributed by atoms with Crippen molar-refractivity contribution in [3.05, 3.63) is 0 Å². The van der Waals surface area contributed by atoms with Gasteiger partial charge in [-0.25, -0.2) is 0 Å². The van der Waals surface area contributed by atoms with Gasteiger partial charge in [-0.3, -0.25) is 0 Å². The molecule has 0 rings (SSSR count). The highest BCUT2D eigenvalue weighted by Crippen LogP contribution is 2.13. The first kappa shape index (κ1) is 20.4. The zero-order chi connectivity index (χ0) is 14.0. The highest BCUT2D eigenvalue weighted by molar-refractivity contribution is 8.00. The van der Waals surface area contributed by atoms with Crippen LogP contribution in [0.15, 0.2) is 0 Å². The first-order valence-electron chi connectivity index (χ1n) is 7.79. The summed E-state index contributed by atoms with van der Waals surface area (Å²) < 4.78 is 0. The Kier molecular flexibility index (Phi) is 20.8. The fourth-order valence-corrected chi connectivity index (χ4v) is 4.36. The summed E-state index contributed by atoms with van der Waals surface area (Å²) in [5, 5.41) is 0. The Morgan fingerprint density at radius 2 is 0.789 bits per heavy atom. The number of thiol groups is 2. The van der Waals surface area contributed by atoms with E-state index in [-0.39, 0.29) is 0 Å². The van der Waals surface area contributed by atoms with E-state index in [9.17, 15) is 0 Å². The summed E-state index contributed by atoms with van der Waals surface area (Å²) >= 11 is 12.8. The minimum Gasteiger partial charge on any atom is -0.179 e. The molecule has 19 heavy (non-hydrogen) atoms. The van der Waals surface area contributed by atoms with Gasteiger partial charge in [0.25, 0.3) is 0 Å². The van der Waals surface area contributed by atoms with Crippen LogP contribution in [0, 0.1) is 0 Å². The van der Waals surface area contributed by atoms with Crippen molar-refractivity contribution in [3.63, 3.8) is 0 Å². The van der Waals surface area contributed by atoms with Crippen molar-refractivity contribution in [1.82, 2.24) is 0 Å². The van der Waals surface area contributed by atoms with Crippen molar-refractivity contribution in [2.24, 2.45) is 0 Å². The van der Waals surface area contributed by atoms with Gasteiger partial charge in [0.15, 0.2) is 0 Å². The first-order chi connectivity index (χ1) is 9.41. The van der Waals surface area contributed by atoms with Gasteiger partial charge in [-0.2, -0.15) is 48.8 Å². The molecule has 0 heterocycles. The Labute approximate surface area is 140 Å². The van der Waals surface area contributed by atoms with Crippen LogP contribution in [-0.4, -0.2) is 34.5 Å². The van der Waals surface area contributed by atoms with Gasteiger partial charge < -0.3 is 0 Å². The molecule has 0 N–H and O–H groups in total. The number of hydrogen-bond donors (Lipinski definition) is 2. The topological polar surface area (TPSA) is 0 Å². The highest BCUT2D eigenvalue weighted by Gasteiger charge is 1.94. The predicted molar refractivity (Wildman–Crippen MR) is 104 cm³/mol. The zero-order valence-electron chi connectivity index (χ0n) is 12.3. The molecule has 4 heteroatoms. The third kappa shape index (κ3) is 19.4. The van der Waals surface area contributed by atoms with Gasteiger partial charge in [-0.15, -0.1) is 0 Å². The van der Waals surface area contributed by atoms with E-state index in [1.807, 2.05) is 0 Å². The number of thioether (sulfide) groups is 2. The Hall–Kier alpha value is 1.40. The molecule has 0 nitrogen and oxygen atoms in total. The molecule has 0 aromatic heterocycles. The molecule has 0 unspecified atom stereocenters. The lowest BCUT2D eigenvalue weighted by Crippen LogP contribution is -1.89. The van der Waals surface area contributed by atoms with Gasteiger partial charge in [0.2, 0.25) is 0 Å². The summed E-state index contributed by atoms with van der Waals surface area (Å²) in [6, 6.07) is 0. The third-order valence-corrected chi connectivity index (χ3v) is 5.91. The van der Waals surface area contributed by atoms with Crippen molar-refractivity contribution >= 4 is 48.8 Å². The summed E-state index contributed by atoms with van der Waals surface area (Å²) in [7, 11) is 0. The van der Waals surface area contributed by atoms with E-state index in [0.29, 0.717) is 0 Å². The van der Waals surface area contributed by atoms with Crippen LogP contribution < -0.4 is 0 Å². The monoisotopic (exact) mass is 340 g/mol. The molecule has 0 saturated carbocycles. The first-order valence-corrected chi connectivity index (χ1v) is 11.4. The zero-order valence-corrected chi connectivity index (χ0v) is 15.7.